The third kappa shape index (κ3) is 59.0. The molecule has 0 fully saturated rings. The van der Waals surface area contributed by atoms with Crippen LogP contribution in [-0.4, -0.2) is 136 Å². The fourth-order valence-corrected chi connectivity index (χ4v) is 5.15. The van der Waals surface area contributed by atoms with Gasteiger partial charge in [0.05, 0.1) is 44.9 Å². The number of esters is 4. The normalized spacial score (nSPS) is 13.9. The zero-order valence-electron chi connectivity index (χ0n) is 42.6. The van der Waals surface area contributed by atoms with Gasteiger partial charge in [0.25, 0.3) is 0 Å². The van der Waals surface area contributed by atoms with Gasteiger partial charge in [0.15, 0.2) is 0 Å². The Hall–Kier alpha value is -2.97. The van der Waals surface area contributed by atoms with Crippen molar-refractivity contribution in [3.05, 3.63) is 12.2 Å². The van der Waals surface area contributed by atoms with Crippen LogP contribution in [0.15, 0.2) is 12.2 Å². The van der Waals surface area contributed by atoms with Crippen LogP contribution in [0.2, 0.25) is 0 Å². The molecule has 5 atom stereocenters. The highest BCUT2D eigenvalue weighted by Gasteiger charge is 2.28. The average molecular weight is 975 g/mol. The molecule has 0 saturated carbocycles. The summed E-state index contributed by atoms with van der Waals surface area (Å²) in [5.41, 5.74) is 2.66. The number of alkyl halides is 5. The zero-order chi connectivity index (χ0) is 51.5. The summed E-state index contributed by atoms with van der Waals surface area (Å²) in [5.74, 6) is -1.55. The van der Waals surface area contributed by atoms with Crippen LogP contribution in [0, 0.1) is 0 Å². The molecule has 5 unspecified atom stereocenters. The number of nitrogens with one attached hydrogen (secondary N) is 3. The minimum Gasteiger partial charge on any atom is -1.00 e. The largest absolute Gasteiger partial charge is 1.00 e. The third-order valence-electron chi connectivity index (χ3n) is 7.81. The molecule has 8 N–H and O–H groups in total. The fourth-order valence-electron chi connectivity index (χ4n) is 5.15. The molecule has 0 aromatic carbocycles. The molecule has 0 aliphatic carbocycles. The van der Waals surface area contributed by atoms with E-state index in [9.17, 15) is 45.9 Å². The van der Waals surface area contributed by atoms with Gasteiger partial charge in [-0.2, -0.15) is 0 Å². The molecule has 0 saturated heterocycles. The number of ether oxygens (including phenoxy) is 4. The molecule has 0 aromatic rings. The summed E-state index contributed by atoms with van der Waals surface area (Å²) in [6.07, 6.45) is 5.65. The van der Waals surface area contributed by atoms with Crippen molar-refractivity contribution >= 4 is 30.2 Å². The van der Waals surface area contributed by atoms with Gasteiger partial charge in [-0.15, -0.1) is 0 Å². The smallest absolute Gasteiger partial charge is 0.330 e. The highest BCUT2D eigenvalue weighted by atomic mass is 35.5. The van der Waals surface area contributed by atoms with Crippen LogP contribution in [0.3, 0.4) is 0 Å². The highest BCUT2D eigenvalue weighted by molar-refractivity contribution is 5.82. The molecule has 14 nitrogen and oxygen atoms in total. The number of hydrogen-bond acceptors (Lipinski definition) is 13. The first kappa shape index (κ1) is 73.6. The summed E-state index contributed by atoms with van der Waals surface area (Å²) in [6, 6.07) is -1.96. The van der Waals surface area contributed by atoms with Gasteiger partial charge in [0, 0.05) is 44.2 Å². The quantitative estimate of drug-likeness (QED) is 0.0293. The molecule has 0 amide bonds. The number of quaternary nitrogens is 1. The maximum absolute atomic E-state index is 13.3. The van der Waals surface area contributed by atoms with E-state index in [0.717, 1.165) is 6.29 Å². The Bertz CT molecular complexity index is 1270. The van der Waals surface area contributed by atoms with Crippen LogP contribution in [0.25, 0.3) is 0 Å². The number of halogens is 6. The summed E-state index contributed by atoms with van der Waals surface area (Å²) in [5, 5.41) is 8.35. The molecular weight excluding hydrogens is 885 g/mol. The van der Waals surface area contributed by atoms with Crippen molar-refractivity contribution in [3.8, 4) is 0 Å². The summed E-state index contributed by atoms with van der Waals surface area (Å²) in [6.45, 7) is 22.9. The predicted molar refractivity (Wildman–Crippen MR) is 243 cm³/mol. The van der Waals surface area contributed by atoms with Crippen LogP contribution in [-0.2, 0) is 42.9 Å². The summed E-state index contributed by atoms with van der Waals surface area (Å²) in [7, 11) is 4.99. The van der Waals surface area contributed by atoms with Crippen molar-refractivity contribution in [3.63, 3.8) is 0 Å². The number of aldehydes is 1. The lowest BCUT2D eigenvalue weighted by Gasteiger charge is -2.20. The standard InChI is InChI=1S/C11H20FNO2.C10H20FNO2.C9H18FNO2.C8H16FNO2.C7H14FNO.ClH/c1-5-15-10(14)7-6-9(13-4)8-11(2,3)12;1-4-14-9(13)6-5-8(12)7-10(2,3)11;1-5-13-8(12)7(11-4)6-9(2,3)10;1-4-12-7(11)6(10)5-8(2,3)9;1-7(2,8)4-6(5-10)9-3;/h6-7,9,13H,5,8H2,1-4H3;8H,4-7,12H2,1-3H3;7,11H,5-6H2,1-4H3;6H,4-5,10H2,1-3H3;5-6,9H,4H2,1-3H3;1H/b7-6+;;;;;. The third-order valence-corrected chi connectivity index (χ3v) is 7.81. The van der Waals surface area contributed by atoms with E-state index in [-0.39, 0.29) is 62.4 Å². The number of rotatable bonds is 25. The minimum atomic E-state index is -1.42. The number of nitrogens with two attached hydrogens (primary N) is 1. The Labute approximate surface area is 394 Å². The highest BCUT2D eigenvalue weighted by Crippen LogP contribution is 2.19. The SMILES string of the molecule is CCOC(=O)/C=C/C(CC(C)(C)F)NC.CCOC(=O)C(CC(C)(C)F)NC.CCOC(=O)C(N)CC(C)(C)F.CCOC(=O)CCC([NH3+])CC(C)(C)F.CNC(C=O)CC(C)(C)F.[Cl-]. The molecular formula is C45H89ClF5N5O9. The van der Waals surface area contributed by atoms with E-state index in [1.54, 1.807) is 54.9 Å². The summed E-state index contributed by atoms with van der Waals surface area (Å²) in [4.78, 5) is 54.3. The molecule has 20 heteroatoms. The average Bonchev–Trinajstić information content (AvgIpc) is 3.12. The van der Waals surface area contributed by atoms with Gasteiger partial charge >= 0.3 is 23.9 Å². The van der Waals surface area contributed by atoms with Crippen LogP contribution in [0.4, 0.5) is 22.0 Å². The van der Waals surface area contributed by atoms with Crippen molar-refractivity contribution < 1.29 is 83.0 Å². The van der Waals surface area contributed by atoms with Crippen LogP contribution < -0.4 is 39.8 Å². The molecule has 0 rings (SSSR count). The first-order valence-electron chi connectivity index (χ1n) is 21.8. The Morgan fingerprint density at radius 2 is 0.969 bits per heavy atom. The molecule has 0 aliphatic rings. The second-order valence-electron chi connectivity index (χ2n) is 17.8. The van der Waals surface area contributed by atoms with Gasteiger partial charge in [-0.05, 0) is 124 Å². The lowest BCUT2D eigenvalue weighted by Crippen LogP contribution is -3.00. The summed E-state index contributed by atoms with van der Waals surface area (Å²) >= 11 is 0. The van der Waals surface area contributed by atoms with E-state index in [4.69, 9.17) is 19.9 Å². The van der Waals surface area contributed by atoms with E-state index in [1.807, 2.05) is 0 Å². The number of carbonyl (C=O) groups excluding carboxylic acids is 5. The van der Waals surface area contributed by atoms with Crippen molar-refractivity contribution in [2.24, 2.45) is 5.73 Å². The lowest BCUT2D eigenvalue weighted by molar-refractivity contribution is -0.426. The fraction of sp³-hybridized carbons (Fsp3) is 0.844. The molecule has 0 aromatic heterocycles. The molecule has 65 heavy (non-hydrogen) atoms. The Morgan fingerprint density at radius 3 is 1.29 bits per heavy atom. The lowest BCUT2D eigenvalue weighted by atomic mass is 9.98. The van der Waals surface area contributed by atoms with Crippen molar-refractivity contribution in [2.45, 2.75) is 200 Å². The summed E-state index contributed by atoms with van der Waals surface area (Å²) < 4.78 is 84.3. The van der Waals surface area contributed by atoms with Crippen molar-refractivity contribution in [2.75, 3.05) is 47.6 Å². The van der Waals surface area contributed by atoms with Crippen LogP contribution in [0.5, 0.6) is 0 Å². The van der Waals surface area contributed by atoms with Crippen molar-refractivity contribution in [1.29, 1.82) is 0 Å². The monoisotopic (exact) mass is 974 g/mol. The molecule has 0 heterocycles. The molecule has 390 valence electrons. The molecule has 0 radical (unpaired) electrons. The number of hydrogen-bond donors (Lipinski definition) is 5. The molecule has 0 aliphatic heterocycles. The van der Waals surface area contributed by atoms with Gasteiger partial charge in [0.2, 0.25) is 0 Å². The zero-order valence-corrected chi connectivity index (χ0v) is 43.4. The van der Waals surface area contributed by atoms with E-state index in [1.165, 1.54) is 75.3 Å². The van der Waals surface area contributed by atoms with Crippen LogP contribution >= 0.6 is 0 Å². The van der Waals surface area contributed by atoms with Crippen LogP contribution in [0.1, 0.15) is 142 Å². The maximum atomic E-state index is 13.3. The van der Waals surface area contributed by atoms with Gasteiger partial charge in [0.1, 0.15) is 46.7 Å². The molecule has 0 bridgehead atoms. The molecule has 0 spiro atoms. The van der Waals surface area contributed by atoms with Crippen molar-refractivity contribution in [1.82, 2.24) is 16.0 Å². The topological polar surface area (TPSA) is 212 Å². The van der Waals surface area contributed by atoms with Gasteiger partial charge in [-0.1, -0.05) is 6.08 Å². The number of likely N-dealkylation sites (N-methyl/N-ethyl adjacent to an activating group) is 3. The first-order valence-corrected chi connectivity index (χ1v) is 21.8. The second-order valence-corrected chi connectivity index (χ2v) is 17.8. The maximum Gasteiger partial charge on any atom is 0.330 e. The van der Waals surface area contributed by atoms with Gasteiger partial charge in [-0.25, -0.2) is 26.7 Å². The van der Waals surface area contributed by atoms with E-state index in [0.29, 0.717) is 45.5 Å². The van der Waals surface area contributed by atoms with Gasteiger partial charge in [-0.3, -0.25) is 14.4 Å². The van der Waals surface area contributed by atoms with Gasteiger partial charge < -0.3 is 63.6 Å². The van der Waals surface area contributed by atoms with E-state index < -0.39 is 58.3 Å². The minimum absolute atomic E-state index is 0. The number of carbonyl (C=O) groups is 5. The Kier molecular flexibility index (Phi) is 44.2. The predicted octanol–water partition coefficient (Wildman–Crippen LogP) is 3.12. The first-order chi connectivity index (χ1) is 29.0. The second kappa shape index (κ2) is 39.1. The Balaban J connectivity index is -0.000000168. The Morgan fingerprint density at radius 1 is 0.585 bits per heavy atom. The van der Waals surface area contributed by atoms with E-state index in [2.05, 4.69) is 26.4 Å². The van der Waals surface area contributed by atoms with E-state index >= 15 is 0 Å².